The summed E-state index contributed by atoms with van der Waals surface area (Å²) < 4.78 is 0. The van der Waals surface area contributed by atoms with Gasteiger partial charge in [-0.25, -0.2) is 0 Å². The molecule has 1 N–H and O–H groups in total. The van der Waals surface area contributed by atoms with Crippen molar-refractivity contribution < 1.29 is 4.79 Å². The number of carbonyl (C=O) groups is 1. The fourth-order valence-electron chi connectivity index (χ4n) is 1.52. The Balaban J connectivity index is 3.34. The summed E-state index contributed by atoms with van der Waals surface area (Å²) in [6, 6.07) is 0. The lowest BCUT2D eigenvalue weighted by atomic mass is 10.1. The highest BCUT2D eigenvalue weighted by molar-refractivity contribution is 7.81. The lowest BCUT2D eigenvalue weighted by molar-refractivity contribution is -0.121. The van der Waals surface area contributed by atoms with Crippen LogP contribution in [-0.2, 0) is 4.79 Å². The maximum Gasteiger partial charge on any atom is 0.233 e. The van der Waals surface area contributed by atoms with Gasteiger partial charge in [-0.3, -0.25) is 4.79 Å². The number of hydrogen-bond acceptors (Lipinski definition) is 2. The highest BCUT2D eigenvalue weighted by Gasteiger charge is 2.16. The Labute approximate surface area is 106 Å². The van der Waals surface area contributed by atoms with Gasteiger partial charge >= 0.3 is 0 Å². The quantitative estimate of drug-likeness (QED) is 0.473. The molecule has 0 radical (unpaired) electrons. The monoisotopic (exact) mass is 245 g/mol. The largest absolute Gasteiger partial charge is 0.355 e. The van der Waals surface area contributed by atoms with Crippen LogP contribution in [0.15, 0.2) is 0 Å². The maximum absolute atomic E-state index is 11.5. The van der Waals surface area contributed by atoms with Crippen LogP contribution in [0.1, 0.15) is 59.3 Å². The van der Waals surface area contributed by atoms with Crippen molar-refractivity contribution in [2.75, 3.05) is 6.54 Å². The van der Waals surface area contributed by atoms with E-state index in [0.717, 1.165) is 13.0 Å². The molecule has 0 saturated heterocycles. The van der Waals surface area contributed by atoms with Crippen LogP contribution in [0.2, 0.25) is 0 Å². The Bertz CT molecular complexity index is 183. The van der Waals surface area contributed by atoms with Gasteiger partial charge in [0.05, 0.1) is 5.25 Å². The number of carbonyl (C=O) groups excluding carboxylic acids is 1. The second kappa shape index (κ2) is 10.0. The van der Waals surface area contributed by atoms with Gasteiger partial charge < -0.3 is 5.32 Å². The first-order valence-corrected chi connectivity index (χ1v) is 7.07. The molecule has 1 unspecified atom stereocenters. The topological polar surface area (TPSA) is 29.1 Å². The molecule has 1 atom stereocenters. The van der Waals surface area contributed by atoms with Gasteiger partial charge in [-0.2, -0.15) is 12.6 Å². The van der Waals surface area contributed by atoms with Crippen LogP contribution in [0.5, 0.6) is 0 Å². The molecule has 0 aliphatic carbocycles. The first-order chi connectivity index (χ1) is 7.59. The second-order valence-electron chi connectivity index (χ2n) is 4.75. The Hall–Kier alpha value is -0.180. The summed E-state index contributed by atoms with van der Waals surface area (Å²) in [7, 11) is 0. The van der Waals surface area contributed by atoms with Gasteiger partial charge in [-0.15, -0.1) is 0 Å². The summed E-state index contributed by atoms with van der Waals surface area (Å²) in [5, 5.41) is 2.77. The van der Waals surface area contributed by atoms with Crippen LogP contribution >= 0.6 is 12.6 Å². The van der Waals surface area contributed by atoms with E-state index in [-0.39, 0.29) is 11.2 Å². The van der Waals surface area contributed by atoms with Crippen molar-refractivity contribution in [3.8, 4) is 0 Å². The van der Waals surface area contributed by atoms with E-state index >= 15 is 0 Å². The van der Waals surface area contributed by atoms with E-state index in [9.17, 15) is 4.79 Å². The average Bonchev–Trinajstić information content (AvgIpc) is 2.26. The van der Waals surface area contributed by atoms with E-state index in [1.54, 1.807) is 0 Å². The third-order valence-electron chi connectivity index (χ3n) is 2.73. The number of thiol groups is 1. The van der Waals surface area contributed by atoms with Gasteiger partial charge in [0, 0.05) is 6.54 Å². The van der Waals surface area contributed by atoms with Crippen molar-refractivity contribution in [1.82, 2.24) is 5.32 Å². The smallest absolute Gasteiger partial charge is 0.233 e. The van der Waals surface area contributed by atoms with Crippen molar-refractivity contribution in [2.24, 2.45) is 5.92 Å². The highest BCUT2D eigenvalue weighted by Crippen LogP contribution is 2.09. The second-order valence-corrected chi connectivity index (χ2v) is 5.30. The van der Waals surface area contributed by atoms with Crippen LogP contribution in [0.4, 0.5) is 0 Å². The molecular formula is C13H27NOS. The summed E-state index contributed by atoms with van der Waals surface area (Å²) >= 11 is 4.28. The molecule has 16 heavy (non-hydrogen) atoms. The van der Waals surface area contributed by atoms with Crippen molar-refractivity contribution in [3.63, 3.8) is 0 Å². The van der Waals surface area contributed by atoms with Crippen molar-refractivity contribution in [3.05, 3.63) is 0 Å². The fraction of sp³-hybridized carbons (Fsp3) is 0.923. The maximum atomic E-state index is 11.5. The molecule has 0 aromatic carbocycles. The number of hydrogen-bond donors (Lipinski definition) is 2. The summed E-state index contributed by atoms with van der Waals surface area (Å²) in [5.41, 5.74) is 0. The van der Waals surface area contributed by atoms with E-state index in [4.69, 9.17) is 0 Å². The molecule has 0 aliphatic rings. The Morgan fingerprint density at radius 1 is 1.12 bits per heavy atom. The molecule has 0 aromatic heterocycles. The fourth-order valence-corrected chi connectivity index (χ4v) is 1.62. The molecule has 1 amide bonds. The lowest BCUT2D eigenvalue weighted by Crippen LogP contribution is -2.34. The number of amides is 1. The van der Waals surface area contributed by atoms with E-state index in [2.05, 4.69) is 24.9 Å². The summed E-state index contributed by atoms with van der Waals surface area (Å²) in [4.78, 5) is 11.5. The molecule has 0 heterocycles. The number of nitrogens with one attached hydrogen (secondary N) is 1. The van der Waals surface area contributed by atoms with Crippen LogP contribution in [0.25, 0.3) is 0 Å². The van der Waals surface area contributed by atoms with Gasteiger partial charge in [-0.05, 0) is 12.3 Å². The molecule has 96 valence electrons. The zero-order chi connectivity index (χ0) is 12.4. The number of unbranched alkanes of at least 4 members (excludes halogenated alkanes) is 5. The van der Waals surface area contributed by atoms with Gasteiger partial charge in [0.2, 0.25) is 5.91 Å². The lowest BCUT2D eigenvalue weighted by Gasteiger charge is -2.14. The van der Waals surface area contributed by atoms with Crippen LogP contribution < -0.4 is 5.32 Å². The Morgan fingerprint density at radius 2 is 1.69 bits per heavy atom. The molecule has 0 fully saturated rings. The minimum Gasteiger partial charge on any atom is -0.355 e. The highest BCUT2D eigenvalue weighted by atomic mass is 32.1. The van der Waals surface area contributed by atoms with E-state index in [1.165, 1.54) is 32.1 Å². The van der Waals surface area contributed by atoms with Gasteiger partial charge in [0.15, 0.2) is 0 Å². The SMILES string of the molecule is CCCCCCCCNC(=O)C(S)C(C)C. The first-order valence-electron chi connectivity index (χ1n) is 6.55. The number of rotatable bonds is 9. The van der Waals surface area contributed by atoms with Gasteiger partial charge in [-0.1, -0.05) is 52.9 Å². The van der Waals surface area contributed by atoms with Crippen LogP contribution in [0, 0.1) is 5.92 Å². The normalized spacial score (nSPS) is 12.8. The summed E-state index contributed by atoms with van der Waals surface area (Å²) in [6.07, 6.45) is 7.54. The predicted molar refractivity (Wildman–Crippen MR) is 74.0 cm³/mol. The Kier molecular flexibility index (Phi) is 9.89. The van der Waals surface area contributed by atoms with Crippen molar-refractivity contribution in [1.29, 1.82) is 0 Å². The van der Waals surface area contributed by atoms with E-state index in [1.807, 2.05) is 13.8 Å². The van der Waals surface area contributed by atoms with Gasteiger partial charge in [0.25, 0.3) is 0 Å². The summed E-state index contributed by atoms with van der Waals surface area (Å²) in [5.74, 6) is 0.375. The third kappa shape index (κ3) is 8.03. The van der Waals surface area contributed by atoms with Crippen LogP contribution in [0.3, 0.4) is 0 Å². The molecule has 0 rings (SSSR count). The standard InChI is InChI=1S/C13H27NOS/c1-4-5-6-7-8-9-10-14-13(15)12(16)11(2)3/h11-12,16H,4-10H2,1-3H3,(H,14,15). The average molecular weight is 245 g/mol. The Morgan fingerprint density at radius 3 is 2.25 bits per heavy atom. The molecule has 0 spiro atoms. The predicted octanol–water partition coefficient (Wildman–Crippen LogP) is 3.42. The minimum atomic E-state index is -0.167. The molecule has 0 bridgehead atoms. The van der Waals surface area contributed by atoms with Gasteiger partial charge in [0.1, 0.15) is 0 Å². The van der Waals surface area contributed by atoms with Crippen molar-refractivity contribution in [2.45, 2.75) is 64.5 Å². The molecule has 0 aliphatic heterocycles. The zero-order valence-electron chi connectivity index (χ0n) is 11.0. The van der Waals surface area contributed by atoms with E-state index in [0.29, 0.717) is 5.92 Å². The first kappa shape index (κ1) is 15.8. The zero-order valence-corrected chi connectivity index (χ0v) is 11.9. The summed E-state index contributed by atoms with van der Waals surface area (Å²) in [6.45, 7) is 7.05. The minimum absolute atomic E-state index is 0.0758. The molecule has 3 heteroatoms. The van der Waals surface area contributed by atoms with E-state index < -0.39 is 0 Å². The molecule has 2 nitrogen and oxygen atoms in total. The molecular weight excluding hydrogens is 218 g/mol. The van der Waals surface area contributed by atoms with Crippen LogP contribution in [-0.4, -0.2) is 17.7 Å². The molecule has 0 aromatic rings. The van der Waals surface area contributed by atoms with Crippen molar-refractivity contribution >= 4 is 18.5 Å². The molecule has 0 saturated carbocycles. The third-order valence-corrected chi connectivity index (χ3v) is 3.56.